The molecule has 2 aromatic rings. The van der Waals surface area contributed by atoms with E-state index in [0.29, 0.717) is 20.8 Å². The third-order valence-electron chi connectivity index (χ3n) is 3.39. The van der Waals surface area contributed by atoms with Gasteiger partial charge in [-0.25, -0.2) is 0 Å². The maximum Gasteiger partial charge on any atom is 0.236 e. The van der Waals surface area contributed by atoms with Gasteiger partial charge in [-0.2, -0.15) is 0 Å². The molecular formula is C15H20Cl2N4OS. The minimum atomic E-state index is -0.287. The summed E-state index contributed by atoms with van der Waals surface area (Å²) >= 11 is 13.5. The molecule has 0 spiro atoms. The van der Waals surface area contributed by atoms with Crippen molar-refractivity contribution in [2.24, 2.45) is 0 Å². The number of aromatic nitrogens is 3. The van der Waals surface area contributed by atoms with Crippen molar-refractivity contribution in [3.05, 3.63) is 22.3 Å². The first-order valence-electron chi connectivity index (χ1n) is 7.41. The van der Waals surface area contributed by atoms with E-state index in [4.69, 9.17) is 23.2 Å². The normalized spacial score (nSPS) is 13.1. The van der Waals surface area contributed by atoms with Crippen LogP contribution < -0.4 is 0 Å². The zero-order valence-electron chi connectivity index (χ0n) is 13.7. The second-order valence-electron chi connectivity index (χ2n) is 5.88. The van der Waals surface area contributed by atoms with Gasteiger partial charge in [0.1, 0.15) is 0 Å². The molecule has 2 rings (SSSR count). The van der Waals surface area contributed by atoms with Gasteiger partial charge < -0.3 is 4.90 Å². The first-order valence-corrected chi connectivity index (χ1v) is 9.04. The van der Waals surface area contributed by atoms with Crippen LogP contribution in [0.5, 0.6) is 0 Å². The summed E-state index contributed by atoms with van der Waals surface area (Å²) in [5.74, 6) is 0.0740. The largest absolute Gasteiger partial charge is 0.337 e. The lowest BCUT2D eigenvalue weighted by molar-refractivity contribution is -0.133. The van der Waals surface area contributed by atoms with Gasteiger partial charge in [-0.3, -0.25) is 9.20 Å². The molecular weight excluding hydrogens is 355 g/mol. The summed E-state index contributed by atoms with van der Waals surface area (Å²) in [7, 11) is 0. The van der Waals surface area contributed by atoms with Gasteiger partial charge in [0.15, 0.2) is 10.8 Å². The van der Waals surface area contributed by atoms with Gasteiger partial charge in [0.25, 0.3) is 0 Å². The molecule has 2 heterocycles. The van der Waals surface area contributed by atoms with Gasteiger partial charge in [-0.15, -0.1) is 10.2 Å². The molecule has 23 heavy (non-hydrogen) atoms. The molecule has 5 nitrogen and oxygen atoms in total. The molecule has 0 aliphatic heterocycles. The second-order valence-corrected chi connectivity index (χ2v) is 8.03. The Morgan fingerprint density at radius 1 is 1.17 bits per heavy atom. The molecule has 0 aromatic carbocycles. The van der Waals surface area contributed by atoms with Gasteiger partial charge >= 0.3 is 0 Å². The average molecular weight is 375 g/mol. The van der Waals surface area contributed by atoms with E-state index in [1.54, 1.807) is 16.7 Å². The van der Waals surface area contributed by atoms with E-state index in [1.165, 1.54) is 11.8 Å². The van der Waals surface area contributed by atoms with E-state index >= 15 is 0 Å². The van der Waals surface area contributed by atoms with Crippen LogP contribution in [0, 0.1) is 0 Å². The van der Waals surface area contributed by atoms with Crippen molar-refractivity contribution in [3.63, 3.8) is 0 Å². The Balaban J connectivity index is 2.27. The Morgan fingerprint density at radius 2 is 1.78 bits per heavy atom. The molecule has 2 aromatic heterocycles. The maximum atomic E-state index is 12.7. The summed E-state index contributed by atoms with van der Waals surface area (Å²) in [4.78, 5) is 14.6. The fourth-order valence-electron chi connectivity index (χ4n) is 2.51. The molecule has 0 radical (unpaired) electrons. The highest BCUT2D eigenvalue weighted by molar-refractivity contribution is 8.00. The number of fused-ring (bicyclic) bond motifs is 1. The number of pyridine rings is 1. The van der Waals surface area contributed by atoms with Crippen LogP contribution in [0.1, 0.15) is 34.6 Å². The van der Waals surface area contributed by atoms with Crippen LogP contribution in [0.4, 0.5) is 0 Å². The first-order chi connectivity index (χ1) is 10.7. The molecule has 0 bridgehead atoms. The molecule has 1 atom stereocenters. The molecule has 0 unspecified atom stereocenters. The third kappa shape index (κ3) is 3.92. The van der Waals surface area contributed by atoms with Crippen LogP contribution in [0.2, 0.25) is 10.0 Å². The fourth-order valence-corrected chi connectivity index (χ4v) is 3.89. The highest BCUT2D eigenvalue weighted by Crippen LogP contribution is 2.28. The van der Waals surface area contributed by atoms with Crippen molar-refractivity contribution in [2.45, 2.75) is 57.1 Å². The Morgan fingerprint density at radius 3 is 2.35 bits per heavy atom. The Bertz CT molecular complexity index is 709. The van der Waals surface area contributed by atoms with Crippen LogP contribution >= 0.6 is 35.0 Å². The van der Waals surface area contributed by atoms with Crippen molar-refractivity contribution in [2.75, 3.05) is 0 Å². The lowest BCUT2D eigenvalue weighted by Crippen LogP contribution is -2.45. The van der Waals surface area contributed by atoms with Crippen LogP contribution in [-0.2, 0) is 4.79 Å². The first kappa shape index (κ1) is 18.4. The summed E-state index contributed by atoms with van der Waals surface area (Å²) in [5.41, 5.74) is 0.530. The highest BCUT2D eigenvalue weighted by Gasteiger charge is 2.27. The summed E-state index contributed by atoms with van der Waals surface area (Å²) in [6, 6.07) is 1.91. The Kier molecular flexibility index (Phi) is 5.81. The Labute approximate surface area is 150 Å². The number of thioether (sulfide) groups is 1. The Hall–Kier alpha value is -0.980. The topological polar surface area (TPSA) is 50.5 Å². The number of carbonyl (C=O) groups excluding carboxylic acids is 1. The van der Waals surface area contributed by atoms with Crippen molar-refractivity contribution in [3.8, 4) is 0 Å². The SMILES string of the molecule is CC(C)N(C(=O)[C@H](C)Sc1nnc2c(Cl)cc(Cl)cn12)C(C)C. The molecule has 126 valence electrons. The summed E-state index contributed by atoms with van der Waals surface area (Å²) in [6.45, 7) is 9.93. The summed E-state index contributed by atoms with van der Waals surface area (Å²) < 4.78 is 1.72. The smallest absolute Gasteiger partial charge is 0.236 e. The van der Waals surface area contributed by atoms with Gasteiger partial charge in [0.05, 0.1) is 15.3 Å². The third-order valence-corrected chi connectivity index (χ3v) is 4.92. The van der Waals surface area contributed by atoms with Crippen molar-refractivity contribution in [1.82, 2.24) is 19.5 Å². The van der Waals surface area contributed by atoms with Gasteiger partial charge in [-0.1, -0.05) is 35.0 Å². The highest BCUT2D eigenvalue weighted by atomic mass is 35.5. The number of nitrogens with zero attached hydrogens (tertiary/aromatic N) is 4. The van der Waals surface area contributed by atoms with E-state index < -0.39 is 0 Å². The number of hydrogen-bond acceptors (Lipinski definition) is 4. The van der Waals surface area contributed by atoms with Gasteiger partial charge in [0.2, 0.25) is 5.91 Å². The average Bonchev–Trinajstić information content (AvgIpc) is 2.81. The molecule has 0 N–H and O–H groups in total. The van der Waals surface area contributed by atoms with Gasteiger partial charge in [0, 0.05) is 18.3 Å². The van der Waals surface area contributed by atoms with Crippen molar-refractivity contribution < 1.29 is 4.79 Å². The van der Waals surface area contributed by atoms with Crippen LogP contribution in [0.3, 0.4) is 0 Å². The number of amides is 1. The zero-order chi connectivity index (χ0) is 17.3. The molecule has 0 fully saturated rings. The monoisotopic (exact) mass is 374 g/mol. The minimum absolute atomic E-state index is 0.0740. The number of hydrogen-bond donors (Lipinski definition) is 0. The number of carbonyl (C=O) groups is 1. The molecule has 0 saturated carbocycles. The number of rotatable bonds is 5. The van der Waals surface area contributed by atoms with Crippen LogP contribution in [0.15, 0.2) is 17.4 Å². The van der Waals surface area contributed by atoms with Gasteiger partial charge in [-0.05, 0) is 40.7 Å². The molecule has 0 aliphatic carbocycles. The van der Waals surface area contributed by atoms with Crippen LogP contribution in [-0.4, -0.2) is 42.7 Å². The lowest BCUT2D eigenvalue weighted by Gasteiger charge is -2.32. The fraction of sp³-hybridized carbons (Fsp3) is 0.533. The molecule has 0 aliphatic rings. The second kappa shape index (κ2) is 7.28. The predicted molar refractivity (Wildman–Crippen MR) is 95.4 cm³/mol. The van der Waals surface area contributed by atoms with E-state index in [1.807, 2.05) is 39.5 Å². The van der Waals surface area contributed by atoms with E-state index in [0.717, 1.165) is 0 Å². The maximum absolute atomic E-state index is 12.7. The standard InChI is InChI=1S/C15H20Cl2N4OS/c1-8(2)21(9(3)4)14(22)10(5)23-15-19-18-13-12(17)6-11(16)7-20(13)15/h6-10H,1-5H3/t10-/m0/s1. The van der Waals surface area contributed by atoms with E-state index in [2.05, 4.69) is 10.2 Å². The quantitative estimate of drug-likeness (QED) is 0.737. The predicted octanol–water partition coefficient (Wildman–Crippen LogP) is 4.16. The lowest BCUT2D eigenvalue weighted by atomic mass is 10.2. The van der Waals surface area contributed by atoms with Crippen molar-refractivity contribution >= 4 is 46.5 Å². The molecule has 8 heteroatoms. The molecule has 1 amide bonds. The minimum Gasteiger partial charge on any atom is -0.337 e. The molecule has 0 saturated heterocycles. The summed E-state index contributed by atoms with van der Waals surface area (Å²) in [5, 5.41) is 9.43. The van der Waals surface area contributed by atoms with E-state index in [-0.39, 0.29) is 23.2 Å². The van der Waals surface area contributed by atoms with Crippen LogP contribution in [0.25, 0.3) is 5.65 Å². The zero-order valence-corrected chi connectivity index (χ0v) is 16.1. The summed E-state index contributed by atoms with van der Waals surface area (Å²) in [6.07, 6.45) is 1.70. The van der Waals surface area contributed by atoms with E-state index in [9.17, 15) is 4.79 Å². The number of halogens is 2. The van der Waals surface area contributed by atoms with Crippen molar-refractivity contribution in [1.29, 1.82) is 0 Å².